The summed E-state index contributed by atoms with van der Waals surface area (Å²) in [6.07, 6.45) is 1.31. The van der Waals surface area contributed by atoms with Crippen LogP contribution in [0.2, 0.25) is 0 Å². The van der Waals surface area contributed by atoms with Gasteiger partial charge in [0.05, 0.1) is 11.3 Å². The van der Waals surface area contributed by atoms with E-state index in [0.717, 1.165) is 16.3 Å². The molecule has 8 nitrogen and oxygen atoms in total. The first-order valence-corrected chi connectivity index (χ1v) is 9.63. The van der Waals surface area contributed by atoms with Crippen LogP contribution in [0.3, 0.4) is 0 Å². The minimum Gasteiger partial charge on any atom is -0.478 e. The summed E-state index contributed by atoms with van der Waals surface area (Å²) in [5, 5.41) is 27.9. The highest BCUT2D eigenvalue weighted by molar-refractivity contribution is 7.08. The summed E-state index contributed by atoms with van der Waals surface area (Å²) in [4.78, 5) is 15.1. The molecule has 0 aliphatic carbocycles. The molecule has 4 heterocycles. The molecule has 0 amide bonds. The van der Waals surface area contributed by atoms with E-state index in [-0.39, 0.29) is 12.2 Å². The van der Waals surface area contributed by atoms with Crippen molar-refractivity contribution in [3.05, 3.63) is 70.7 Å². The van der Waals surface area contributed by atoms with Crippen LogP contribution in [-0.2, 0) is 6.61 Å². The molecular formula is C20H13N5O3S. The van der Waals surface area contributed by atoms with Gasteiger partial charge in [0.15, 0.2) is 11.5 Å². The Kier molecular flexibility index (Phi) is 4.14. The molecule has 0 saturated heterocycles. The van der Waals surface area contributed by atoms with E-state index in [9.17, 15) is 4.79 Å². The Morgan fingerprint density at radius 2 is 1.97 bits per heavy atom. The van der Waals surface area contributed by atoms with Crippen molar-refractivity contribution in [1.82, 2.24) is 24.8 Å². The maximum Gasteiger partial charge on any atom is 0.337 e. The number of fused-ring (bicyclic) bond motifs is 3. The topological polar surface area (TPSA) is 102 Å². The Hall–Kier alpha value is -3.85. The summed E-state index contributed by atoms with van der Waals surface area (Å²) < 4.78 is 7.64. The first-order chi connectivity index (χ1) is 14.2. The summed E-state index contributed by atoms with van der Waals surface area (Å²) in [6.45, 7) is 0.151. The minimum atomic E-state index is -1.02. The van der Waals surface area contributed by atoms with Gasteiger partial charge in [-0.15, -0.1) is 15.3 Å². The van der Waals surface area contributed by atoms with Gasteiger partial charge in [-0.1, -0.05) is 18.2 Å². The van der Waals surface area contributed by atoms with Crippen LogP contribution in [0.4, 0.5) is 0 Å². The standard InChI is InChI=1S/C20H13N5O3S/c26-20(27)12-5-6-14(21-9-12)10-28-19-16-4-2-1-3-15(16)18-23-22-17(25(18)24-19)13-7-8-29-11-13/h1-9,11H,10H2,(H,26,27). The third kappa shape index (κ3) is 3.07. The van der Waals surface area contributed by atoms with Crippen LogP contribution < -0.4 is 4.74 Å². The number of pyridine rings is 1. The van der Waals surface area contributed by atoms with Crippen molar-refractivity contribution >= 4 is 33.7 Å². The summed E-state index contributed by atoms with van der Waals surface area (Å²) in [5.74, 6) is 0.0472. The second-order valence-electron chi connectivity index (χ2n) is 6.25. The SMILES string of the molecule is O=C(O)c1ccc(COc2nn3c(-c4ccsc4)nnc3c3ccccc23)nc1. The number of carboxylic acid groups (broad SMARTS) is 1. The molecule has 0 fully saturated rings. The molecule has 1 aromatic carbocycles. The van der Waals surface area contributed by atoms with Gasteiger partial charge in [0.1, 0.15) is 6.61 Å². The number of thiophene rings is 1. The Bertz CT molecular complexity index is 1330. The predicted octanol–water partition coefficient (Wildman–Crippen LogP) is 3.68. The largest absolute Gasteiger partial charge is 0.478 e. The fraction of sp³-hybridized carbons (Fsp3) is 0.0500. The number of carbonyl (C=O) groups is 1. The Morgan fingerprint density at radius 3 is 2.69 bits per heavy atom. The van der Waals surface area contributed by atoms with E-state index in [4.69, 9.17) is 9.84 Å². The lowest BCUT2D eigenvalue weighted by Gasteiger charge is -2.09. The van der Waals surface area contributed by atoms with Crippen molar-refractivity contribution in [1.29, 1.82) is 0 Å². The van der Waals surface area contributed by atoms with Gasteiger partial charge < -0.3 is 9.84 Å². The monoisotopic (exact) mass is 403 g/mol. The molecule has 5 aromatic rings. The van der Waals surface area contributed by atoms with Gasteiger partial charge in [-0.2, -0.15) is 15.9 Å². The molecular weight excluding hydrogens is 390 g/mol. The normalized spacial score (nSPS) is 11.2. The van der Waals surface area contributed by atoms with Crippen molar-refractivity contribution in [2.45, 2.75) is 6.61 Å². The fourth-order valence-corrected chi connectivity index (χ4v) is 3.64. The van der Waals surface area contributed by atoms with Crippen molar-refractivity contribution in [2.75, 3.05) is 0 Å². The Morgan fingerprint density at radius 1 is 1.10 bits per heavy atom. The summed E-state index contributed by atoms with van der Waals surface area (Å²) in [6, 6.07) is 12.8. The van der Waals surface area contributed by atoms with Crippen LogP contribution in [0.25, 0.3) is 27.8 Å². The minimum absolute atomic E-state index is 0.128. The van der Waals surface area contributed by atoms with E-state index in [2.05, 4.69) is 20.3 Å². The van der Waals surface area contributed by atoms with E-state index < -0.39 is 5.97 Å². The molecule has 0 unspecified atom stereocenters. The number of ether oxygens (including phenoxy) is 1. The summed E-state index contributed by atoms with van der Waals surface area (Å²) in [5.41, 5.74) is 2.31. The Labute approximate surface area is 168 Å². The molecule has 5 rings (SSSR count). The molecule has 4 aromatic heterocycles. The number of rotatable bonds is 5. The molecule has 29 heavy (non-hydrogen) atoms. The van der Waals surface area contributed by atoms with Crippen LogP contribution in [0.1, 0.15) is 16.1 Å². The quantitative estimate of drug-likeness (QED) is 0.477. The number of hydrogen-bond donors (Lipinski definition) is 1. The van der Waals surface area contributed by atoms with Crippen LogP contribution >= 0.6 is 11.3 Å². The molecule has 0 radical (unpaired) electrons. The van der Waals surface area contributed by atoms with Crippen molar-refractivity contribution in [2.24, 2.45) is 0 Å². The second kappa shape index (κ2) is 6.95. The van der Waals surface area contributed by atoms with Crippen molar-refractivity contribution in [3.63, 3.8) is 0 Å². The van der Waals surface area contributed by atoms with Gasteiger partial charge in [-0.25, -0.2) is 4.79 Å². The molecule has 0 aliphatic heterocycles. The average molecular weight is 403 g/mol. The fourth-order valence-electron chi connectivity index (χ4n) is 3.01. The number of aromatic nitrogens is 5. The number of carboxylic acids is 1. The van der Waals surface area contributed by atoms with Crippen LogP contribution in [-0.4, -0.2) is 35.9 Å². The average Bonchev–Trinajstić information content (AvgIpc) is 3.42. The first kappa shape index (κ1) is 17.3. The zero-order chi connectivity index (χ0) is 19.8. The first-order valence-electron chi connectivity index (χ1n) is 8.68. The molecule has 1 N–H and O–H groups in total. The Balaban J connectivity index is 1.56. The molecule has 9 heteroatoms. The molecule has 142 valence electrons. The van der Waals surface area contributed by atoms with E-state index in [1.807, 2.05) is 41.1 Å². The second-order valence-corrected chi connectivity index (χ2v) is 7.03. The van der Waals surface area contributed by atoms with Gasteiger partial charge in [0, 0.05) is 27.9 Å². The molecule has 0 atom stereocenters. The smallest absolute Gasteiger partial charge is 0.337 e. The lowest BCUT2D eigenvalue weighted by molar-refractivity contribution is 0.0696. The molecule has 0 saturated carbocycles. The van der Waals surface area contributed by atoms with Crippen molar-refractivity contribution in [3.8, 4) is 17.3 Å². The maximum atomic E-state index is 11.0. The van der Waals surface area contributed by atoms with Crippen LogP contribution in [0.5, 0.6) is 5.88 Å². The van der Waals surface area contributed by atoms with Crippen LogP contribution in [0.15, 0.2) is 59.4 Å². The van der Waals surface area contributed by atoms with Gasteiger partial charge in [0.2, 0.25) is 5.88 Å². The third-order valence-electron chi connectivity index (χ3n) is 4.44. The number of benzene rings is 1. The lowest BCUT2D eigenvalue weighted by Crippen LogP contribution is -2.05. The molecule has 0 spiro atoms. The highest BCUT2D eigenvalue weighted by atomic mass is 32.1. The lowest BCUT2D eigenvalue weighted by atomic mass is 10.2. The zero-order valence-corrected chi connectivity index (χ0v) is 15.7. The third-order valence-corrected chi connectivity index (χ3v) is 5.12. The predicted molar refractivity (Wildman–Crippen MR) is 107 cm³/mol. The zero-order valence-electron chi connectivity index (χ0n) is 14.9. The summed E-state index contributed by atoms with van der Waals surface area (Å²) >= 11 is 1.57. The molecule has 0 bridgehead atoms. The van der Waals surface area contributed by atoms with Crippen molar-refractivity contribution < 1.29 is 14.6 Å². The summed E-state index contributed by atoms with van der Waals surface area (Å²) in [7, 11) is 0. The van der Waals surface area contributed by atoms with E-state index >= 15 is 0 Å². The number of nitrogens with zero attached hydrogens (tertiary/aromatic N) is 5. The number of aromatic carboxylic acids is 1. The maximum absolute atomic E-state index is 11.0. The number of hydrogen-bond acceptors (Lipinski definition) is 7. The van der Waals surface area contributed by atoms with E-state index in [1.54, 1.807) is 21.9 Å². The van der Waals surface area contributed by atoms with Crippen LogP contribution in [0, 0.1) is 0 Å². The van der Waals surface area contributed by atoms with Gasteiger partial charge in [-0.3, -0.25) is 4.98 Å². The van der Waals surface area contributed by atoms with E-state index in [1.165, 1.54) is 12.3 Å². The van der Waals surface area contributed by atoms with Gasteiger partial charge in [-0.05, 0) is 29.6 Å². The van der Waals surface area contributed by atoms with Gasteiger partial charge >= 0.3 is 5.97 Å². The molecule has 0 aliphatic rings. The van der Waals surface area contributed by atoms with Gasteiger partial charge in [0.25, 0.3) is 0 Å². The highest BCUT2D eigenvalue weighted by Crippen LogP contribution is 2.29. The highest BCUT2D eigenvalue weighted by Gasteiger charge is 2.16. The van der Waals surface area contributed by atoms with E-state index in [0.29, 0.717) is 23.0 Å².